The molecule has 1 aliphatic heterocycles. The molecule has 1 fully saturated rings. The number of carbonyl (C=O) groups is 3. The molecular weight excluding hydrogens is 625 g/mol. The number of carbonyl (C=O) groups excluding carboxylic acids is 3. The summed E-state index contributed by atoms with van der Waals surface area (Å²) in [6, 6.07) is 16.8. The third-order valence-electron chi connectivity index (χ3n) is 6.18. The molecule has 1 N–H and O–H groups in total. The Morgan fingerprint density at radius 2 is 1.79 bits per heavy atom. The number of halogens is 4. The Morgan fingerprint density at radius 1 is 1.05 bits per heavy atom. The molecule has 0 bridgehead atoms. The maximum atomic E-state index is 13.4. The largest absolute Gasteiger partial charge is 0.416 e. The third-order valence-corrected chi connectivity index (χ3v) is 8.49. The summed E-state index contributed by atoms with van der Waals surface area (Å²) < 4.78 is 53.9. The molecule has 3 aromatic carbocycles. The molecule has 5 rings (SSSR count). The van der Waals surface area contributed by atoms with E-state index in [9.17, 15) is 31.9 Å². The van der Waals surface area contributed by atoms with E-state index in [0.717, 1.165) is 35.7 Å². The van der Waals surface area contributed by atoms with E-state index < -0.39 is 29.4 Å². The second kappa shape index (κ2) is 12.7. The van der Waals surface area contributed by atoms with E-state index >= 15 is 0 Å². The SMILES string of the molecule is O=C(CSc1nc2ccccc2n1C(=O)CCN1C(=O)/C(=C/c2ccc(F)cc2)SC1=S)Nc1cccc(C(F)(F)F)c1. The monoisotopic (exact) mass is 644 g/mol. The van der Waals surface area contributed by atoms with Gasteiger partial charge in [-0.2, -0.15) is 13.2 Å². The van der Waals surface area contributed by atoms with Crippen LogP contribution in [0, 0.1) is 5.82 Å². The maximum Gasteiger partial charge on any atom is 0.416 e. The summed E-state index contributed by atoms with van der Waals surface area (Å²) in [7, 11) is 0. The highest BCUT2D eigenvalue weighted by Crippen LogP contribution is 2.33. The molecule has 2 heterocycles. The van der Waals surface area contributed by atoms with Gasteiger partial charge in [0.1, 0.15) is 10.1 Å². The van der Waals surface area contributed by atoms with Gasteiger partial charge in [-0.05, 0) is 54.1 Å². The highest BCUT2D eigenvalue weighted by molar-refractivity contribution is 8.26. The molecule has 1 aromatic heterocycles. The molecular formula is C29H20F4N4O3S3. The molecule has 0 radical (unpaired) electrons. The van der Waals surface area contributed by atoms with E-state index in [4.69, 9.17) is 12.2 Å². The van der Waals surface area contributed by atoms with Crippen molar-refractivity contribution in [1.29, 1.82) is 0 Å². The lowest BCUT2D eigenvalue weighted by Gasteiger charge is -2.15. The van der Waals surface area contributed by atoms with Crippen LogP contribution in [-0.4, -0.2) is 48.8 Å². The first-order chi connectivity index (χ1) is 20.5. The summed E-state index contributed by atoms with van der Waals surface area (Å²) >= 11 is 7.40. The van der Waals surface area contributed by atoms with Gasteiger partial charge in [0.25, 0.3) is 5.91 Å². The number of thiocarbonyl (C=S) groups is 1. The minimum absolute atomic E-state index is 0.00307. The number of fused-ring (bicyclic) bond motifs is 1. The molecule has 0 saturated carbocycles. The van der Waals surface area contributed by atoms with Gasteiger partial charge in [-0.25, -0.2) is 9.37 Å². The summed E-state index contributed by atoms with van der Waals surface area (Å²) in [5.74, 6) is -1.98. The van der Waals surface area contributed by atoms with Gasteiger partial charge in [-0.1, -0.05) is 66.1 Å². The first-order valence-corrected chi connectivity index (χ1v) is 14.8. The number of amides is 2. The van der Waals surface area contributed by atoms with Crippen LogP contribution in [0.25, 0.3) is 17.1 Å². The molecule has 43 heavy (non-hydrogen) atoms. The van der Waals surface area contributed by atoms with Gasteiger partial charge in [0, 0.05) is 18.7 Å². The molecule has 1 aliphatic rings. The fourth-order valence-corrected chi connectivity index (χ4v) is 6.30. The van der Waals surface area contributed by atoms with Crippen LogP contribution in [0.5, 0.6) is 0 Å². The molecule has 2 amide bonds. The van der Waals surface area contributed by atoms with E-state index in [1.54, 1.807) is 30.3 Å². The molecule has 1 saturated heterocycles. The number of aromatic nitrogens is 2. The van der Waals surface area contributed by atoms with Crippen LogP contribution < -0.4 is 5.32 Å². The van der Waals surface area contributed by atoms with Gasteiger partial charge in [0.15, 0.2) is 5.16 Å². The highest BCUT2D eigenvalue weighted by Gasteiger charge is 2.33. The van der Waals surface area contributed by atoms with Crippen molar-refractivity contribution >= 4 is 80.6 Å². The minimum Gasteiger partial charge on any atom is -0.325 e. The molecule has 7 nitrogen and oxygen atoms in total. The van der Waals surface area contributed by atoms with Crippen molar-refractivity contribution in [2.24, 2.45) is 0 Å². The summed E-state index contributed by atoms with van der Waals surface area (Å²) in [6.07, 6.45) is -3.06. The van der Waals surface area contributed by atoms with Gasteiger partial charge in [-0.3, -0.25) is 23.9 Å². The number of alkyl halides is 3. The van der Waals surface area contributed by atoms with Crippen molar-refractivity contribution in [1.82, 2.24) is 14.5 Å². The van der Waals surface area contributed by atoms with Crippen molar-refractivity contribution in [2.45, 2.75) is 17.8 Å². The molecule has 220 valence electrons. The fraction of sp³-hybridized carbons (Fsp3) is 0.138. The van der Waals surface area contributed by atoms with Crippen molar-refractivity contribution in [3.8, 4) is 0 Å². The van der Waals surface area contributed by atoms with E-state index in [1.165, 1.54) is 45.9 Å². The number of hydrogen-bond acceptors (Lipinski definition) is 7. The van der Waals surface area contributed by atoms with Crippen molar-refractivity contribution in [3.63, 3.8) is 0 Å². The molecule has 14 heteroatoms. The van der Waals surface area contributed by atoms with Crippen LogP contribution in [0.3, 0.4) is 0 Å². The van der Waals surface area contributed by atoms with E-state index in [-0.39, 0.29) is 39.8 Å². The molecule has 0 spiro atoms. The zero-order valence-electron chi connectivity index (χ0n) is 21.9. The number of thioether (sulfide) groups is 2. The van der Waals surface area contributed by atoms with Gasteiger partial charge in [0.05, 0.1) is 27.3 Å². The van der Waals surface area contributed by atoms with Crippen LogP contribution in [0.4, 0.5) is 23.2 Å². The first kappa shape index (κ1) is 30.4. The standard InChI is InChI=1S/C29H20F4N4O3S3/c30-19-10-8-17(9-11-19)14-23-26(40)36(28(41)43-23)13-12-25(39)37-22-7-2-1-6-21(22)35-27(37)42-16-24(38)34-20-5-3-4-18(15-20)29(31,32)33/h1-11,14-15H,12-13,16H2,(H,34,38)/b23-14-. The summed E-state index contributed by atoms with van der Waals surface area (Å²) in [4.78, 5) is 45.2. The van der Waals surface area contributed by atoms with Gasteiger partial charge in [-0.15, -0.1) is 0 Å². The van der Waals surface area contributed by atoms with Crippen LogP contribution >= 0.6 is 35.7 Å². The first-order valence-electron chi connectivity index (χ1n) is 12.6. The minimum atomic E-state index is -4.55. The Labute approximate surface area is 256 Å². The zero-order chi connectivity index (χ0) is 30.7. The lowest BCUT2D eigenvalue weighted by molar-refractivity contribution is -0.137. The summed E-state index contributed by atoms with van der Waals surface area (Å²) in [5, 5.41) is 2.65. The van der Waals surface area contributed by atoms with Crippen molar-refractivity contribution in [2.75, 3.05) is 17.6 Å². The predicted molar refractivity (Wildman–Crippen MR) is 162 cm³/mol. The molecule has 0 atom stereocenters. The number of anilines is 1. The third kappa shape index (κ3) is 7.14. The Kier molecular flexibility index (Phi) is 8.99. The highest BCUT2D eigenvalue weighted by atomic mass is 32.2. The average molecular weight is 645 g/mol. The summed E-state index contributed by atoms with van der Waals surface area (Å²) in [5.41, 5.74) is 0.723. The number of hydrogen-bond donors (Lipinski definition) is 1. The van der Waals surface area contributed by atoms with Crippen LogP contribution in [0.2, 0.25) is 0 Å². The second-order valence-electron chi connectivity index (χ2n) is 9.16. The van der Waals surface area contributed by atoms with Crippen molar-refractivity contribution in [3.05, 3.63) is 94.6 Å². The second-order valence-corrected chi connectivity index (χ2v) is 11.8. The average Bonchev–Trinajstić information content (AvgIpc) is 3.47. The lowest BCUT2D eigenvalue weighted by Crippen LogP contribution is -2.31. The van der Waals surface area contributed by atoms with Crippen LogP contribution in [-0.2, 0) is 15.8 Å². The van der Waals surface area contributed by atoms with Crippen molar-refractivity contribution < 1.29 is 31.9 Å². The van der Waals surface area contributed by atoms with Gasteiger partial charge in [0.2, 0.25) is 11.8 Å². The number of nitrogens with zero attached hydrogens (tertiary/aromatic N) is 3. The number of rotatable bonds is 8. The van der Waals surface area contributed by atoms with Crippen LogP contribution in [0.1, 0.15) is 22.3 Å². The van der Waals surface area contributed by atoms with E-state index in [1.807, 2.05) is 0 Å². The van der Waals surface area contributed by atoms with Gasteiger partial charge >= 0.3 is 6.18 Å². The predicted octanol–water partition coefficient (Wildman–Crippen LogP) is 6.86. The molecule has 0 aliphatic carbocycles. The smallest absolute Gasteiger partial charge is 0.325 e. The Bertz CT molecular complexity index is 1770. The molecule has 4 aromatic rings. The van der Waals surface area contributed by atoms with Crippen LogP contribution in [0.15, 0.2) is 82.9 Å². The fourth-order valence-electron chi connectivity index (χ4n) is 4.16. The van der Waals surface area contributed by atoms with E-state index in [0.29, 0.717) is 21.5 Å². The maximum absolute atomic E-state index is 13.4. The lowest BCUT2D eigenvalue weighted by atomic mass is 10.2. The molecule has 0 unspecified atom stereocenters. The normalized spacial score (nSPS) is 14.6. The Hall–Kier alpha value is -4.01. The topological polar surface area (TPSA) is 84.3 Å². The van der Waals surface area contributed by atoms with Gasteiger partial charge < -0.3 is 5.32 Å². The number of benzene rings is 3. The number of nitrogens with one attached hydrogen (secondary N) is 1. The number of para-hydroxylation sites is 2. The number of imidazole rings is 1. The van der Waals surface area contributed by atoms with E-state index in [2.05, 4.69) is 10.3 Å². The quantitative estimate of drug-likeness (QED) is 0.0972. The Balaban J connectivity index is 1.27. The Morgan fingerprint density at radius 3 is 2.53 bits per heavy atom. The zero-order valence-corrected chi connectivity index (χ0v) is 24.4. The summed E-state index contributed by atoms with van der Waals surface area (Å²) in [6.45, 7) is -0.00307.